The Morgan fingerprint density at radius 2 is 2.08 bits per heavy atom. The normalized spacial score (nSPS) is 11.1. The monoisotopic (exact) mass is 438 g/mol. The van der Waals surface area contributed by atoms with Crippen LogP contribution in [0.25, 0.3) is 11.0 Å². The van der Waals surface area contributed by atoms with E-state index in [1.807, 2.05) is 36.7 Å². The molecule has 10 heteroatoms. The van der Waals surface area contributed by atoms with Crippen LogP contribution in [0.3, 0.4) is 0 Å². The summed E-state index contributed by atoms with van der Waals surface area (Å²) in [5.74, 6) is 0.385. The summed E-state index contributed by atoms with van der Waals surface area (Å²) in [7, 11) is 1.96. The Bertz CT molecular complexity index is 1020. The molecule has 0 saturated heterocycles. The highest BCUT2D eigenvalue weighted by Gasteiger charge is 2.25. The lowest BCUT2D eigenvalue weighted by molar-refractivity contribution is -0.676. The lowest BCUT2D eigenvalue weighted by Gasteiger charge is -2.07. The molecule has 0 saturated carbocycles. The van der Waals surface area contributed by atoms with Gasteiger partial charge in [0.05, 0.1) is 18.1 Å². The van der Waals surface area contributed by atoms with E-state index >= 15 is 0 Å². The van der Waals surface area contributed by atoms with E-state index in [1.165, 1.54) is 0 Å². The Morgan fingerprint density at radius 3 is 2.77 bits per heavy atom. The predicted molar refractivity (Wildman–Crippen MR) is 104 cm³/mol. The molecule has 5 N–H and O–H groups in total. The minimum Gasteiger partial charge on any atom is -0.382 e. The Morgan fingerprint density at radius 1 is 1.35 bits per heavy atom. The molecule has 3 rings (SSSR count). The molecule has 0 bridgehead atoms. The maximum atomic E-state index is 12.5. The fraction of sp³-hybridized carbons (Fsp3) is 0.250. The van der Waals surface area contributed by atoms with Gasteiger partial charge >= 0.3 is 0 Å². The van der Waals surface area contributed by atoms with E-state index in [1.54, 1.807) is 0 Å². The molecule has 26 heavy (non-hydrogen) atoms. The Labute approximate surface area is 163 Å². The summed E-state index contributed by atoms with van der Waals surface area (Å²) >= 11 is 9.44. The summed E-state index contributed by atoms with van der Waals surface area (Å²) in [4.78, 5) is 20.2. The van der Waals surface area contributed by atoms with E-state index in [-0.39, 0.29) is 29.0 Å². The van der Waals surface area contributed by atoms with Crippen LogP contribution in [0.1, 0.15) is 23.2 Å². The van der Waals surface area contributed by atoms with E-state index in [9.17, 15) is 4.79 Å². The zero-order valence-corrected chi connectivity index (χ0v) is 16.6. The zero-order chi connectivity index (χ0) is 19.0. The van der Waals surface area contributed by atoms with Crippen molar-refractivity contribution in [2.24, 2.45) is 7.05 Å². The van der Waals surface area contributed by atoms with Gasteiger partial charge in [-0.05, 0) is 35.0 Å². The minimum atomic E-state index is -0.469. The fourth-order valence-corrected chi connectivity index (χ4v) is 3.59. The number of nitrogen functional groups attached to an aromatic ring is 2. The van der Waals surface area contributed by atoms with Crippen LogP contribution < -0.4 is 21.4 Å². The van der Waals surface area contributed by atoms with Crippen molar-refractivity contribution in [2.45, 2.75) is 20.0 Å². The van der Waals surface area contributed by atoms with Gasteiger partial charge in [0, 0.05) is 0 Å². The number of carbonyl (C=O) groups excluding carboxylic acids is 1. The van der Waals surface area contributed by atoms with E-state index < -0.39 is 5.91 Å². The topological polar surface area (TPSA) is 116 Å². The highest BCUT2D eigenvalue weighted by Crippen LogP contribution is 2.22. The van der Waals surface area contributed by atoms with Crippen molar-refractivity contribution in [3.8, 4) is 0 Å². The molecule has 0 spiro atoms. The predicted octanol–water partition coefficient (Wildman–Crippen LogP) is 1.79. The highest BCUT2D eigenvalue weighted by molar-refractivity contribution is 9.10. The third-order valence-corrected chi connectivity index (χ3v) is 5.06. The van der Waals surface area contributed by atoms with Crippen LogP contribution in [0, 0.1) is 0 Å². The molecule has 1 amide bonds. The fourth-order valence-electron chi connectivity index (χ4n) is 2.90. The van der Waals surface area contributed by atoms with Gasteiger partial charge in [-0.3, -0.25) is 4.79 Å². The van der Waals surface area contributed by atoms with E-state index in [0.29, 0.717) is 0 Å². The average Bonchev–Trinajstić information content (AvgIpc) is 2.89. The van der Waals surface area contributed by atoms with Crippen LogP contribution in [0.2, 0.25) is 5.15 Å². The SMILES string of the molecule is CC[n+]1c(CNC(=O)c2nc(Cl)c(N)nc2N)n(C)c2cccc(Br)c21. The van der Waals surface area contributed by atoms with Gasteiger partial charge in [0.25, 0.3) is 11.7 Å². The number of fused-ring (bicyclic) bond motifs is 1. The molecule has 0 atom stereocenters. The lowest BCUT2D eigenvalue weighted by atomic mass is 10.3. The number of hydrogen-bond donors (Lipinski definition) is 3. The second kappa shape index (κ2) is 7.08. The van der Waals surface area contributed by atoms with Crippen molar-refractivity contribution < 1.29 is 9.36 Å². The molecule has 0 aliphatic carbocycles. The number of carbonyl (C=O) groups is 1. The third-order valence-electron chi connectivity index (χ3n) is 4.14. The minimum absolute atomic E-state index is 0.0110. The number of aryl methyl sites for hydroxylation is 2. The first kappa shape index (κ1) is 18.4. The van der Waals surface area contributed by atoms with Crippen LogP contribution in [-0.4, -0.2) is 20.4 Å². The Hall–Kier alpha value is -2.39. The third kappa shape index (κ3) is 3.08. The number of nitrogens with one attached hydrogen (secondary N) is 1. The van der Waals surface area contributed by atoms with E-state index in [0.717, 1.165) is 27.9 Å². The number of nitrogens with two attached hydrogens (primary N) is 2. The first-order valence-corrected chi connectivity index (χ1v) is 9.04. The van der Waals surface area contributed by atoms with E-state index in [2.05, 4.69) is 35.8 Å². The molecule has 2 aromatic heterocycles. The number of rotatable bonds is 4. The van der Waals surface area contributed by atoms with Crippen LogP contribution in [0.5, 0.6) is 0 Å². The van der Waals surface area contributed by atoms with E-state index in [4.69, 9.17) is 23.1 Å². The molecule has 8 nitrogen and oxygen atoms in total. The van der Waals surface area contributed by atoms with Crippen molar-refractivity contribution in [3.05, 3.63) is 39.3 Å². The number of halogens is 2. The molecule has 3 aromatic rings. The molecule has 0 aliphatic rings. The smallest absolute Gasteiger partial charge is 0.276 e. The van der Waals surface area contributed by atoms with Crippen molar-refractivity contribution in [1.29, 1.82) is 0 Å². The number of benzene rings is 1. The maximum absolute atomic E-state index is 12.5. The quantitative estimate of drug-likeness (QED) is 0.536. The first-order valence-electron chi connectivity index (χ1n) is 7.87. The Balaban J connectivity index is 1.93. The molecule has 2 heterocycles. The molecular formula is C16H18BrClN7O+. The number of aromatic nitrogens is 4. The number of hydrogen-bond acceptors (Lipinski definition) is 5. The van der Waals surface area contributed by atoms with Crippen LogP contribution in [-0.2, 0) is 20.1 Å². The highest BCUT2D eigenvalue weighted by atomic mass is 79.9. The molecule has 0 aliphatic heterocycles. The standard InChI is InChI=1S/C16H17BrClN7O/c1-3-25-10(24(2)9-6-4-5-8(17)12(9)25)7-21-16(26)11-14(19)23-15(20)13(18)22-11/h4-6H,3,7H2,1-2H3,(H4-,19,20,21,23,26)/p+1. The van der Waals surface area contributed by atoms with Gasteiger partial charge in [-0.15, -0.1) is 0 Å². The maximum Gasteiger partial charge on any atom is 0.276 e. The summed E-state index contributed by atoms with van der Waals surface area (Å²) in [5.41, 5.74) is 13.4. The van der Waals surface area contributed by atoms with Gasteiger partial charge in [-0.2, -0.15) is 0 Å². The molecule has 1 aromatic carbocycles. The number of amides is 1. The van der Waals surface area contributed by atoms with Crippen molar-refractivity contribution in [2.75, 3.05) is 11.5 Å². The number of nitrogens with zero attached hydrogens (tertiary/aromatic N) is 4. The van der Waals surface area contributed by atoms with Crippen molar-refractivity contribution in [1.82, 2.24) is 19.9 Å². The van der Waals surface area contributed by atoms with Gasteiger partial charge in [0.15, 0.2) is 33.5 Å². The second-order valence-corrected chi connectivity index (χ2v) is 6.86. The van der Waals surface area contributed by atoms with Crippen molar-refractivity contribution in [3.63, 3.8) is 0 Å². The number of anilines is 2. The average molecular weight is 440 g/mol. The number of imidazole rings is 1. The zero-order valence-electron chi connectivity index (χ0n) is 14.3. The number of para-hydroxylation sites is 1. The molecule has 0 unspecified atom stereocenters. The van der Waals surface area contributed by atoms with Crippen LogP contribution in [0.4, 0.5) is 11.6 Å². The first-order chi connectivity index (χ1) is 12.3. The second-order valence-electron chi connectivity index (χ2n) is 5.64. The van der Waals surface area contributed by atoms with Crippen LogP contribution >= 0.6 is 27.5 Å². The summed E-state index contributed by atoms with van der Waals surface area (Å²) in [5, 5.41) is 2.77. The summed E-state index contributed by atoms with van der Waals surface area (Å²) in [6, 6.07) is 5.99. The summed E-state index contributed by atoms with van der Waals surface area (Å²) in [6.07, 6.45) is 0. The van der Waals surface area contributed by atoms with Gasteiger partial charge in [-0.1, -0.05) is 17.7 Å². The van der Waals surface area contributed by atoms with Gasteiger partial charge in [-0.25, -0.2) is 19.1 Å². The molecule has 0 fully saturated rings. The van der Waals surface area contributed by atoms with Crippen LogP contribution in [0.15, 0.2) is 22.7 Å². The molecule has 136 valence electrons. The Kier molecular flexibility index (Phi) is 5.01. The molecule has 0 radical (unpaired) electrons. The van der Waals surface area contributed by atoms with Gasteiger partial charge in [0.2, 0.25) is 0 Å². The van der Waals surface area contributed by atoms with Crippen molar-refractivity contribution >= 4 is 56.1 Å². The largest absolute Gasteiger partial charge is 0.382 e. The van der Waals surface area contributed by atoms with Gasteiger partial charge < -0.3 is 16.8 Å². The van der Waals surface area contributed by atoms with Gasteiger partial charge in [0.1, 0.15) is 6.54 Å². The summed E-state index contributed by atoms with van der Waals surface area (Å²) in [6.45, 7) is 3.08. The molecular weight excluding hydrogens is 422 g/mol. The summed E-state index contributed by atoms with van der Waals surface area (Å²) < 4.78 is 5.16. The lowest BCUT2D eigenvalue weighted by Crippen LogP contribution is -2.40.